The average Bonchev–Trinajstić information content (AvgIpc) is 2.89. The summed E-state index contributed by atoms with van der Waals surface area (Å²) in [6.07, 6.45) is 3.91. The summed E-state index contributed by atoms with van der Waals surface area (Å²) in [6.45, 7) is 1.33. The van der Waals surface area contributed by atoms with Crippen molar-refractivity contribution in [2.45, 2.75) is 6.54 Å². The number of nitrogens with zero attached hydrogens (tertiary/aromatic N) is 1. The van der Waals surface area contributed by atoms with E-state index < -0.39 is 0 Å². The van der Waals surface area contributed by atoms with Crippen molar-refractivity contribution in [3.05, 3.63) is 47.1 Å². The van der Waals surface area contributed by atoms with Gasteiger partial charge in [-0.3, -0.25) is 4.79 Å². The van der Waals surface area contributed by atoms with Crippen molar-refractivity contribution >= 4 is 21.8 Å². The Morgan fingerprint density at radius 3 is 2.75 bits per heavy atom. The van der Waals surface area contributed by atoms with Gasteiger partial charge in [-0.25, -0.2) is 0 Å². The number of carbonyl (C=O) groups is 1. The molecule has 0 saturated heterocycles. The van der Waals surface area contributed by atoms with Gasteiger partial charge in [-0.2, -0.15) is 0 Å². The quantitative estimate of drug-likeness (QED) is 0.935. The molecule has 1 amide bonds. The molecular formula is C11H11BrN2O2. The van der Waals surface area contributed by atoms with Crippen molar-refractivity contribution in [3.63, 3.8) is 0 Å². The highest BCUT2D eigenvalue weighted by molar-refractivity contribution is 9.10. The van der Waals surface area contributed by atoms with Crippen LogP contribution in [0.2, 0.25) is 0 Å². The van der Waals surface area contributed by atoms with Gasteiger partial charge in [0.2, 0.25) is 0 Å². The number of hydrogen-bond acceptors (Lipinski definition) is 2. The third-order valence-electron chi connectivity index (χ3n) is 2.12. The molecule has 2 aromatic rings. The molecule has 0 aromatic carbocycles. The highest BCUT2D eigenvalue weighted by atomic mass is 79.9. The van der Waals surface area contributed by atoms with Crippen molar-refractivity contribution in [1.29, 1.82) is 0 Å². The number of halogens is 1. The predicted molar refractivity (Wildman–Crippen MR) is 63.2 cm³/mol. The number of hydrogen-bond donors (Lipinski definition) is 1. The second-order valence-electron chi connectivity index (χ2n) is 3.28. The molecule has 0 fully saturated rings. The lowest BCUT2D eigenvalue weighted by atomic mass is 10.4. The Hall–Kier alpha value is -1.49. The summed E-state index contributed by atoms with van der Waals surface area (Å²) >= 11 is 3.15. The standard InChI is InChI=1S/C11H11BrN2O2/c12-10-4-3-9(16-10)11(15)13-5-8-14-6-1-2-7-14/h1-4,6-7H,5,8H2,(H,13,15). The molecule has 84 valence electrons. The van der Waals surface area contributed by atoms with Crippen molar-refractivity contribution in [2.24, 2.45) is 0 Å². The lowest BCUT2D eigenvalue weighted by molar-refractivity contribution is 0.0923. The summed E-state index contributed by atoms with van der Waals surface area (Å²) in [5, 5.41) is 2.78. The van der Waals surface area contributed by atoms with Gasteiger partial charge in [0.25, 0.3) is 5.91 Å². The van der Waals surface area contributed by atoms with E-state index in [0.717, 1.165) is 6.54 Å². The zero-order chi connectivity index (χ0) is 11.4. The minimum absolute atomic E-state index is 0.196. The summed E-state index contributed by atoms with van der Waals surface area (Å²) in [7, 11) is 0. The first kappa shape index (κ1) is 11.0. The fourth-order valence-electron chi connectivity index (χ4n) is 1.34. The van der Waals surface area contributed by atoms with E-state index in [4.69, 9.17) is 4.42 Å². The van der Waals surface area contributed by atoms with Crippen LogP contribution >= 0.6 is 15.9 Å². The van der Waals surface area contributed by atoms with Gasteiger partial charge in [-0.05, 0) is 40.2 Å². The summed E-state index contributed by atoms with van der Waals surface area (Å²) in [4.78, 5) is 11.6. The van der Waals surface area contributed by atoms with E-state index in [1.807, 2.05) is 29.1 Å². The van der Waals surface area contributed by atoms with Crippen LogP contribution in [0.1, 0.15) is 10.6 Å². The van der Waals surface area contributed by atoms with E-state index in [2.05, 4.69) is 21.2 Å². The zero-order valence-corrected chi connectivity index (χ0v) is 10.1. The molecule has 0 saturated carbocycles. The lowest BCUT2D eigenvalue weighted by Gasteiger charge is -2.04. The number of nitrogens with one attached hydrogen (secondary N) is 1. The van der Waals surface area contributed by atoms with Crippen LogP contribution in [0.15, 0.2) is 45.7 Å². The van der Waals surface area contributed by atoms with E-state index >= 15 is 0 Å². The van der Waals surface area contributed by atoms with Gasteiger partial charge >= 0.3 is 0 Å². The Morgan fingerprint density at radius 1 is 1.38 bits per heavy atom. The number of furan rings is 1. The third-order valence-corrected chi connectivity index (χ3v) is 2.54. The van der Waals surface area contributed by atoms with Crippen LogP contribution in [0.4, 0.5) is 0 Å². The number of rotatable bonds is 4. The number of amides is 1. The molecule has 5 heteroatoms. The van der Waals surface area contributed by atoms with Crippen molar-refractivity contribution < 1.29 is 9.21 Å². The Morgan fingerprint density at radius 2 is 2.12 bits per heavy atom. The first-order valence-corrected chi connectivity index (χ1v) is 5.69. The van der Waals surface area contributed by atoms with Crippen LogP contribution in [-0.4, -0.2) is 17.0 Å². The molecule has 4 nitrogen and oxygen atoms in total. The molecule has 2 aromatic heterocycles. The normalized spacial score (nSPS) is 10.3. The van der Waals surface area contributed by atoms with E-state index in [1.165, 1.54) is 0 Å². The van der Waals surface area contributed by atoms with Gasteiger partial charge in [0, 0.05) is 25.5 Å². The van der Waals surface area contributed by atoms with E-state index in [0.29, 0.717) is 17.0 Å². The molecule has 0 spiro atoms. The molecule has 0 aliphatic rings. The highest BCUT2D eigenvalue weighted by Crippen LogP contribution is 2.13. The maximum absolute atomic E-state index is 11.6. The minimum Gasteiger partial charge on any atom is -0.444 e. The topological polar surface area (TPSA) is 47.2 Å². The predicted octanol–water partition coefficient (Wildman–Crippen LogP) is 2.27. The lowest BCUT2D eigenvalue weighted by Crippen LogP contribution is -2.26. The van der Waals surface area contributed by atoms with Gasteiger partial charge in [0.05, 0.1) is 0 Å². The Balaban J connectivity index is 1.80. The molecular weight excluding hydrogens is 272 g/mol. The van der Waals surface area contributed by atoms with Crippen molar-refractivity contribution in [2.75, 3.05) is 6.54 Å². The van der Waals surface area contributed by atoms with E-state index in [1.54, 1.807) is 12.1 Å². The van der Waals surface area contributed by atoms with Crippen molar-refractivity contribution in [3.8, 4) is 0 Å². The molecule has 0 aliphatic heterocycles. The molecule has 0 radical (unpaired) electrons. The molecule has 0 atom stereocenters. The molecule has 16 heavy (non-hydrogen) atoms. The Bertz CT molecular complexity index is 462. The fourth-order valence-corrected chi connectivity index (χ4v) is 1.65. The van der Waals surface area contributed by atoms with Gasteiger partial charge < -0.3 is 14.3 Å². The molecule has 2 heterocycles. The molecule has 0 bridgehead atoms. The van der Waals surface area contributed by atoms with Gasteiger partial charge in [-0.1, -0.05) is 0 Å². The van der Waals surface area contributed by atoms with Gasteiger partial charge in [0.1, 0.15) is 0 Å². The SMILES string of the molecule is O=C(NCCn1cccc1)c1ccc(Br)o1. The largest absolute Gasteiger partial charge is 0.444 e. The first-order valence-electron chi connectivity index (χ1n) is 4.90. The van der Waals surface area contributed by atoms with Crippen LogP contribution in [0.25, 0.3) is 0 Å². The fraction of sp³-hybridized carbons (Fsp3) is 0.182. The smallest absolute Gasteiger partial charge is 0.287 e. The Kier molecular flexibility index (Phi) is 3.46. The summed E-state index contributed by atoms with van der Waals surface area (Å²) in [5.41, 5.74) is 0. The van der Waals surface area contributed by atoms with E-state index in [-0.39, 0.29) is 5.91 Å². The summed E-state index contributed by atoms with van der Waals surface area (Å²) in [5.74, 6) is 0.122. The zero-order valence-electron chi connectivity index (χ0n) is 8.52. The maximum atomic E-state index is 11.6. The second-order valence-corrected chi connectivity index (χ2v) is 4.06. The van der Waals surface area contributed by atoms with Gasteiger partial charge in [0.15, 0.2) is 10.4 Å². The van der Waals surface area contributed by atoms with Crippen LogP contribution in [-0.2, 0) is 6.54 Å². The molecule has 0 aliphatic carbocycles. The molecule has 2 rings (SSSR count). The average molecular weight is 283 g/mol. The minimum atomic E-state index is -0.196. The van der Waals surface area contributed by atoms with Crippen LogP contribution in [0.5, 0.6) is 0 Å². The first-order chi connectivity index (χ1) is 7.75. The monoisotopic (exact) mass is 282 g/mol. The number of carbonyl (C=O) groups excluding carboxylic acids is 1. The third kappa shape index (κ3) is 2.76. The Labute approximate surface area is 101 Å². The highest BCUT2D eigenvalue weighted by Gasteiger charge is 2.08. The second kappa shape index (κ2) is 5.03. The van der Waals surface area contributed by atoms with Crippen LogP contribution in [0, 0.1) is 0 Å². The molecule has 0 unspecified atom stereocenters. The van der Waals surface area contributed by atoms with Crippen molar-refractivity contribution in [1.82, 2.24) is 9.88 Å². The van der Waals surface area contributed by atoms with E-state index in [9.17, 15) is 4.79 Å². The number of aromatic nitrogens is 1. The van der Waals surface area contributed by atoms with Gasteiger partial charge in [-0.15, -0.1) is 0 Å². The maximum Gasteiger partial charge on any atom is 0.287 e. The van der Waals surface area contributed by atoms with Crippen LogP contribution in [0.3, 0.4) is 0 Å². The summed E-state index contributed by atoms with van der Waals surface area (Å²) in [6, 6.07) is 7.23. The van der Waals surface area contributed by atoms with Crippen LogP contribution < -0.4 is 5.32 Å². The molecule has 1 N–H and O–H groups in total. The summed E-state index contributed by atoms with van der Waals surface area (Å²) < 4.78 is 7.69.